The molecule has 1 aliphatic rings. The molecule has 0 saturated heterocycles. The number of aromatic hydroxyl groups is 2. The molecule has 3 aromatic carbocycles. The van der Waals surface area contributed by atoms with Crippen molar-refractivity contribution in [2.75, 3.05) is 33.2 Å². The van der Waals surface area contributed by atoms with Gasteiger partial charge in [0, 0.05) is 49.8 Å². The molecule has 1 aliphatic heterocycles. The highest BCUT2D eigenvalue weighted by Gasteiger charge is 2.31. The lowest BCUT2D eigenvalue weighted by molar-refractivity contribution is -0.121. The number of phenols is 2. The first-order valence-electron chi connectivity index (χ1n) is 16.9. The number of amides is 2. The molecular weight excluding hydrogens is 656 g/mol. The SMILES string of the molecule is COc1ccc(C(CC(=O)NCCC(=O)Nc2ccc(OC)cc2OC)c2c(O)cc3c(c2O)C(=O)O[C@@H](C)CCCC(=O)CCC/C=C/3)cc1. The molecule has 1 unspecified atom stereocenters. The highest BCUT2D eigenvalue weighted by molar-refractivity contribution is 5.98. The second kappa shape index (κ2) is 18.5. The highest BCUT2D eigenvalue weighted by atomic mass is 16.5. The number of phenolic OH excluding ortho intramolecular Hbond substituents is 2. The van der Waals surface area contributed by atoms with Gasteiger partial charge >= 0.3 is 5.97 Å². The standard InChI is InChI=1S/C39H46N2O10/c1-24-9-8-12-27(42)11-7-5-6-10-26-21-32(43)37(38(46)36(26)39(47)51-24)30(25-13-15-28(48-2)16-14-25)23-35(45)40-20-19-34(44)41-31-18-17-29(49-3)22-33(31)50-4/h6,10,13-18,21-22,24,30,43,46H,5,7-9,11-12,19-20,23H2,1-4H3,(H,40,45)(H,41,44)/b10-6+/t24-,30?/m0/s1. The van der Waals surface area contributed by atoms with Crippen LogP contribution in [-0.2, 0) is 19.1 Å². The number of fused-ring (bicyclic) bond motifs is 1. The average molecular weight is 703 g/mol. The van der Waals surface area contributed by atoms with Gasteiger partial charge in [0.1, 0.15) is 40.1 Å². The minimum Gasteiger partial charge on any atom is -0.507 e. The number of hydrogen-bond acceptors (Lipinski definition) is 10. The molecule has 0 aromatic heterocycles. The van der Waals surface area contributed by atoms with Crippen molar-refractivity contribution in [3.05, 3.63) is 76.9 Å². The van der Waals surface area contributed by atoms with E-state index in [1.54, 1.807) is 61.5 Å². The molecular formula is C39H46N2O10. The van der Waals surface area contributed by atoms with Crippen molar-refractivity contribution in [3.63, 3.8) is 0 Å². The number of nitrogens with one attached hydrogen (secondary N) is 2. The number of ether oxygens (including phenoxy) is 4. The van der Waals surface area contributed by atoms with Crippen LogP contribution in [0.4, 0.5) is 5.69 Å². The number of esters is 1. The third-order valence-electron chi connectivity index (χ3n) is 8.66. The van der Waals surface area contributed by atoms with Gasteiger partial charge in [-0.15, -0.1) is 0 Å². The smallest absolute Gasteiger partial charge is 0.342 e. The van der Waals surface area contributed by atoms with Crippen LogP contribution in [0, 0.1) is 0 Å². The zero-order chi connectivity index (χ0) is 36.9. The van der Waals surface area contributed by atoms with Gasteiger partial charge in [-0.05, 0) is 74.1 Å². The van der Waals surface area contributed by atoms with Crippen molar-refractivity contribution in [2.45, 2.75) is 70.3 Å². The van der Waals surface area contributed by atoms with E-state index in [1.165, 1.54) is 27.4 Å². The second-order valence-electron chi connectivity index (χ2n) is 12.3. The fourth-order valence-corrected chi connectivity index (χ4v) is 5.93. The maximum Gasteiger partial charge on any atom is 0.342 e. The van der Waals surface area contributed by atoms with Gasteiger partial charge < -0.3 is 39.8 Å². The van der Waals surface area contributed by atoms with Crippen LogP contribution in [0.15, 0.2) is 54.6 Å². The maximum atomic E-state index is 13.6. The molecule has 3 aromatic rings. The van der Waals surface area contributed by atoms with Gasteiger partial charge in [-0.3, -0.25) is 14.4 Å². The highest BCUT2D eigenvalue weighted by Crippen LogP contribution is 2.44. The number of methoxy groups -OCH3 is 3. The number of allylic oxidation sites excluding steroid dienone is 1. The Kier molecular flexibility index (Phi) is 13.9. The summed E-state index contributed by atoms with van der Waals surface area (Å²) >= 11 is 0. The van der Waals surface area contributed by atoms with E-state index < -0.39 is 29.6 Å². The molecule has 1 heterocycles. The van der Waals surface area contributed by atoms with Crippen molar-refractivity contribution in [2.24, 2.45) is 0 Å². The van der Waals surface area contributed by atoms with E-state index in [-0.39, 0.29) is 53.5 Å². The van der Waals surface area contributed by atoms with Crippen molar-refractivity contribution in [1.82, 2.24) is 5.32 Å². The monoisotopic (exact) mass is 702 g/mol. The van der Waals surface area contributed by atoms with Crippen molar-refractivity contribution in [3.8, 4) is 28.7 Å². The van der Waals surface area contributed by atoms with Crippen molar-refractivity contribution >= 4 is 35.3 Å². The molecule has 2 atom stereocenters. The summed E-state index contributed by atoms with van der Waals surface area (Å²) < 4.78 is 21.5. The summed E-state index contributed by atoms with van der Waals surface area (Å²) in [6, 6.07) is 13.1. The Morgan fingerprint density at radius 2 is 1.63 bits per heavy atom. The van der Waals surface area contributed by atoms with E-state index in [0.29, 0.717) is 67.0 Å². The van der Waals surface area contributed by atoms with Gasteiger partial charge in [-0.1, -0.05) is 24.3 Å². The van der Waals surface area contributed by atoms with Crippen molar-refractivity contribution in [1.29, 1.82) is 0 Å². The van der Waals surface area contributed by atoms with Crippen molar-refractivity contribution < 1.29 is 48.3 Å². The first-order valence-corrected chi connectivity index (χ1v) is 16.9. The van der Waals surface area contributed by atoms with E-state index in [4.69, 9.17) is 18.9 Å². The summed E-state index contributed by atoms with van der Waals surface area (Å²) in [4.78, 5) is 51.9. The number of rotatable bonds is 11. The summed E-state index contributed by atoms with van der Waals surface area (Å²) in [7, 11) is 4.52. The zero-order valence-corrected chi connectivity index (χ0v) is 29.5. The summed E-state index contributed by atoms with van der Waals surface area (Å²) in [6.45, 7) is 1.72. The molecule has 0 radical (unpaired) electrons. The first-order chi connectivity index (χ1) is 24.5. The van der Waals surface area contributed by atoms with Crippen LogP contribution in [0.1, 0.15) is 91.3 Å². The third kappa shape index (κ3) is 10.5. The van der Waals surface area contributed by atoms with Crippen LogP contribution < -0.4 is 24.8 Å². The van der Waals surface area contributed by atoms with E-state index in [1.807, 2.05) is 0 Å². The van der Waals surface area contributed by atoms with Gasteiger partial charge in [-0.25, -0.2) is 4.79 Å². The second-order valence-corrected chi connectivity index (χ2v) is 12.3. The molecule has 12 nitrogen and oxygen atoms in total. The van der Waals surface area contributed by atoms with Crippen LogP contribution in [-0.4, -0.2) is 67.8 Å². The first kappa shape index (κ1) is 38.3. The fraction of sp³-hybridized carbons (Fsp3) is 0.385. The Morgan fingerprint density at radius 3 is 2.33 bits per heavy atom. The average Bonchev–Trinajstić information content (AvgIpc) is 3.10. The number of ketones is 1. The van der Waals surface area contributed by atoms with E-state index in [2.05, 4.69) is 10.6 Å². The lowest BCUT2D eigenvalue weighted by atomic mass is 9.84. The Morgan fingerprint density at radius 1 is 0.922 bits per heavy atom. The Hall–Kier alpha value is -5.52. The topological polar surface area (TPSA) is 170 Å². The molecule has 272 valence electrons. The molecule has 0 aliphatic carbocycles. The number of hydrogen-bond donors (Lipinski definition) is 4. The maximum absolute atomic E-state index is 13.6. The quantitative estimate of drug-likeness (QED) is 0.167. The van der Waals surface area contributed by atoms with Crippen LogP contribution in [0.5, 0.6) is 28.7 Å². The lowest BCUT2D eigenvalue weighted by Crippen LogP contribution is -2.29. The Labute approximate surface area is 297 Å². The largest absolute Gasteiger partial charge is 0.507 e. The number of benzene rings is 3. The number of anilines is 1. The molecule has 4 rings (SSSR count). The molecule has 4 N–H and O–H groups in total. The number of carbonyl (C=O) groups is 4. The molecule has 0 fully saturated rings. The molecule has 0 saturated carbocycles. The fourth-order valence-electron chi connectivity index (χ4n) is 5.93. The van der Waals surface area contributed by atoms with Crippen LogP contribution >= 0.6 is 0 Å². The van der Waals surface area contributed by atoms with Gasteiger partial charge in [-0.2, -0.15) is 0 Å². The van der Waals surface area contributed by atoms with E-state index in [0.717, 1.165) is 0 Å². The summed E-state index contributed by atoms with van der Waals surface area (Å²) in [6.07, 6.45) is 5.63. The number of cyclic esters (lactones) is 1. The minimum absolute atomic E-state index is 0.00122. The summed E-state index contributed by atoms with van der Waals surface area (Å²) in [5, 5.41) is 28.6. The molecule has 0 spiro atoms. The molecule has 51 heavy (non-hydrogen) atoms. The normalized spacial score (nSPS) is 16.4. The Balaban J connectivity index is 1.60. The van der Waals surface area contributed by atoms with Crippen LogP contribution in [0.3, 0.4) is 0 Å². The Bertz CT molecular complexity index is 1730. The molecule has 12 heteroatoms. The van der Waals surface area contributed by atoms with Gasteiger partial charge in [0.25, 0.3) is 0 Å². The van der Waals surface area contributed by atoms with E-state index in [9.17, 15) is 29.4 Å². The predicted octanol–water partition coefficient (Wildman–Crippen LogP) is 6.27. The minimum atomic E-state index is -0.910. The van der Waals surface area contributed by atoms with E-state index >= 15 is 0 Å². The molecule has 0 bridgehead atoms. The number of carbonyl (C=O) groups excluding carboxylic acids is 4. The van der Waals surface area contributed by atoms with Crippen LogP contribution in [0.25, 0.3) is 6.08 Å². The summed E-state index contributed by atoms with van der Waals surface area (Å²) in [5.74, 6) is -1.66. The van der Waals surface area contributed by atoms with Gasteiger partial charge in [0.05, 0.1) is 33.1 Å². The summed E-state index contributed by atoms with van der Waals surface area (Å²) in [5.41, 5.74) is 1.09. The number of Topliss-reactive ketones (excluding diaryl/α,β-unsaturated/α-hetero) is 1. The van der Waals surface area contributed by atoms with Crippen LogP contribution in [0.2, 0.25) is 0 Å². The molecule has 2 amide bonds. The lowest BCUT2D eigenvalue weighted by Gasteiger charge is -2.23. The third-order valence-corrected chi connectivity index (χ3v) is 8.66. The van der Waals surface area contributed by atoms with Gasteiger partial charge in [0.2, 0.25) is 11.8 Å². The van der Waals surface area contributed by atoms with Gasteiger partial charge in [0.15, 0.2) is 0 Å². The zero-order valence-electron chi connectivity index (χ0n) is 29.5. The predicted molar refractivity (Wildman–Crippen MR) is 192 cm³/mol.